The van der Waals surface area contributed by atoms with Gasteiger partial charge in [0.05, 0.1) is 11.8 Å². The SMILES string of the molecule is CN1CCC2(CC1)Oc1ccc(Br)cc1C1CC(c3ccccc3OC(F)F)=NN12. The summed E-state index contributed by atoms with van der Waals surface area (Å²) in [4.78, 5) is 2.28. The van der Waals surface area contributed by atoms with E-state index < -0.39 is 12.3 Å². The van der Waals surface area contributed by atoms with Gasteiger partial charge in [-0.1, -0.05) is 28.1 Å². The highest BCUT2D eigenvalue weighted by Gasteiger charge is 2.51. The number of hydrazone groups is 1. The first kappa shape index (κ1) is 19.8. The zero-order chi connectivity index (χ0) is 20.9. The number of piperidine rings is 1. The molecule has 0 saturated carbocycles. The predicted octanol–water partition coefficient (Wildman–Crippen LogP) is 5.02. The van der Waals surface area contributed by atoms with Crippen molar-refractivity contribution in [3.05, 3.63) is 58.1 Å². The lowest BCUT2D eigenvalue weighted by Crippen LogP contribution is -2.58. The van der Waals surface area contributed by atoms with Gasteiger partial charge >= 0.3 is 6.61 Å². The molecule has 3 heterocycles. The van der Waals surface area contributed by atoms with E-state index in [-0.39, 0.29) is 11.8 Å². The lowest BCUT2D eigenvalue weighted by Gasteiger charge is -2.50. The molecule has 0 radical (unpaired) electrons. The topological polar surface area (TPSA) is 37.3 Å². The molecule has 1 spiro atoms. The van der Waals surface area contributed by atoms with Gasteiger partial charge in [-0.3, -0.25) is 0 Å². The van der Waals surface area contributed by atoms with E-state index in [1.54, 1.807) is 18.2 Å². The first-order chi connectivity index (χ1) is 14.4. The second-order valence-corrected chi connectivity index (χ2v) is 8.94. The lowest BCUT2D eigenvalue weighted by molar-refractivity contribution is -0.147. The van der Waals surface area contributed by atoms with Gasteiger partial charge in [-0.15, -0.1) is 0 Å². The van der Waals surface area contributed by atoms with E-state index in [0.717, 1.165) is 47.4 Å². The van der Waals surface area contributed by atoms with Crippen LogP contribution in [0.3, 0.4) is 0 Å². The number of ether oxygens (including phenoxy) is 2. The standard InChI is InChI=1S/C22H22BrF2N3O2/c1-27-10-8-22(9-11-27)28-18(16-12-14(23)6-7-20(16)30-22)13-17(26-28)15-4-2-3-5-19(15)29-21(24)25/h2-7,12,18,21H,8-11,13H2,1H3. The Hall–Kier alpha value is -2.19. The van der Waals surface area contributed by atoms with Crippen LogP contribution < -0.4 is 9.47 Å². The molecule has 5 rings (SSSR count). The Balaban J connectivity index is 1.58. The number of nitrogens with zero attached hydrogens (tertiary/aromatic N) is 3. The van der Waals surface area contributed by atoms with Crippen molar-refractivity contribution < 1.29 is 18.3 Å². The molecule has 2 aromatic rings. The molecule has 0 N–H and O–H groups in total. The molecule has 3 aliphatic rings. The second kappa shape index (κ2) is 7.50. The van der Waals surface area contributed by atoms with Crippen LogP contribution in [-0.2, 0) is 0 Å². The van der Waals surface area contributed by atoms with Crippen LogP contribution in [0.5, 0.6) is 11.5 Å². The molecule has 1 atom stereocenters. The average molecular weight is 478 g/mol. The number of halogens is 3. The summed E-state index contributed by atoms with van der Waals surface area (Å²) in [5.41, 5.74) is 1.87. The number of fused-ring (bicyclic) bond motifs is 4. The van der Waals surface area contributed by atoms with Crippen molar-refractivity contribution in [1.29, 1.82) is 0 Å². The van der Waals surface area contributed by atoms with Crippen LogP contribution in [0.15, 0.2) is 52.0 Å². The molecule has 0 bridgehead atoms. The highest BCUT2D eigenvalue weighted by molar-refractivity contribution is 9.10. The van der Waals surface area contributed by atoms with Gasteiger partial charge in [0.15, 0.2) is 0 Å². The molecule has 30 heavy (non-hydrogen) atoms. The summed E-state index contributed by atoms with van der Waals surface area (Å²) in [7, 11) is 2.11. The van der Waals surface area contributed by atoms with Crippen LogP contribution in [0, 0.1) is 0 Å². The lowest BCUT2D eigenvalue weighted by atomic mass is 9.91. The Bertz CT molecular complexity index is 992. The minimum Gasteiger partial charge on any atom is -0.466 e. The van der Waals surface area contributed by atoms with E-state index >= 15 is 0 Å². The van der Waals surface area contributed by atoms with Gasteiger partial charge in [0, 0.05) is 48.0 Å². The van der Waals surface area contributed by atoms with E-state index in [1.165, 1.54) is 0 Å². The van der Waals surface area contributed by atoms with E-state index in [9.17, 15) is 8.78 Å². The Morgan fingerprint density at radius 2 is 1.97 bits per heavy atom. The Kier molecular flexibility index (Phi) is 4.94. The zero-order valence-corrected chi connectivity index (χ0v) is 18.1. The fourth-order valence-electron chi connectivity index (χ4n) is 4.62. The normalized spacial score (nSPS) is 22.5. The maximum Gasteiger partial charge on any atom is 0.387 e. The number of likely N-dealkylation sites (tertiary alicyclic amines) is 1. The van der Waals surface area contributed by atoms with Gasteiger partial charge in [-0.2, -0.15) is 13.9 Å². The molecular weight excluding hydrogens is 456 g/mol. The maximum atomic E-state index is 12.9. The first-order valence-electron chi connectivity index (χ1n) is 10.0. The molecule has 0 amide bonds. The third-order valence-electron chi connectivity index (χ3n) is 6.14. The molecule has 8 heteroatoms. The number of hydrogen-bond acceptors (Lipinski definition) is 5. The second-order valence-electron chi connectivity index (χ2n) is 8.02. The van der Waals surface area contributed by atoms with Crippen molar-refractivity contribution in [3.63, 3.8) is 0 Å². The van der Waals surface area contributed by atoms with Crippen LogP contribution in [0.4, 0.5) is 8.78 Å². The highest BCUT2D eigenvalue weighted by Crippen LogP contribution is 2.50. The van der Waals surface area contributed by atoms with Crippen LogP contribution >= 0.6 is 15.9 Å². The molecular formula is C22H22BrF2N3O2. The van der Waals surface area contributed by atoms with Crippen LogP contribution in [-0.4, -0.2) is 48.1 Å². The van der Waals surface area contributed by atoms with Crippen molar-refractivity contribution in [3.8, 4) is 11.5 Å². The third kappa shape index (κ3) is 3.36. The number of alkyl halides is 2. The van der Waals surface area contributed by atoms with Crippen molar-refractivity contribution in [2.75, 3.05) is 20.1 Å². The Labute approximate surface area is 182 Å². The summed E-state index contributed by atoms with van der Waals surface area (Å²) in [6, 6.07) is 12.9. The molecule has 3 aliphatic heterocycles. The molecule has 2 aromatic carbocycles. The zero-order valence-electron chi connectivity index (χ0n) is 16.5. The van der Waals surface area contributed by atoms with Gasteiger partial charge < -0.3 is 14.4 Å². The van der Waals surface area contributed by atoms with Crippen molar-refractivity contribution in [2.24, 2.45) is 5.10 Å². The number of para-hydroxylation sites is 1. The molecule has 1 fully saturated rings. The maximum absolute atomic E-state index is 12.9. The number of rotatable bonds is 3. The van der Waals surface area contributed by atoms with Crippen molar-refractivity contribution in [2.45, 2.75) is 37.6 Å². The molecule has 1 unspecified atom stereocenters. The van der Waals surface area contributed by atoms with Crippen LogP contribution in [0.2, 0.25) is 0 Å². The minimum absolute atomic E-state index is 0.00994. The molecule has 5 nitrogen and oxygen atoms in total. The summed E-state index contributed by atoms with van der Waals surface area (Å²) in [5, 5.41) is 7.02. The monoisotopic (exact) mass is 477 g/mol. The average Bonchev–Trinajstić information content (AvgIpc) is 3.17. The molecule has 0 aromatic heterocycles. The predicted molar refractivity (Wildman–Crippen MR) is 113 cm³/mol. The van der Waals surface area contributed by atoms with E-state index in [2.05, 4.69) is 39.0 Å². The highest BCUT2D eigenvalue weighted by atomic mass is 79.9. The van der Waals surface area contributed by atoms with Crippen molar-refractivity contribution >= 4 is 21.6 Å². The summed E-state index contributed by atoms with van der Waals surface area (Å²) in [6.07, 6.45) is 2.25. The third-order valence-corrected chi connectivity index (χ3v) is 6.63. The van der Waals surface area contributed by atoms with Gasteiger partial charge in [-0.25, -0.2) is 5.01 Å². The van der Waals surface area contributed by atoms with E-state index in [4.69, 9.17) is 14.6 Å². The summed E-state index contributed by atoms with van der Waals surface area (Å²) in [5.74, 6) is 1.02. The Morgan fingerprint density at radius 1 is 1.20 bits per heavy atom. The van der Waals surface area contributed by atoms with Crippen molar-refractivity contribution in [1.82, 2.24) is 9.91 Å². The minimum atomic E-state index is -2.88. The van der Waals surface area contributed by atoms with Crippen LogP contribution in [0.25, 0.3) is 0 Å². The fraction of sp³-hybridized carbons (Fsp3) is 0.409. The first-order valence-corrected chi connectivity index (χ1v) is 10.8. The molecule has 158 valence electrons. The van der Waals surface area contributed by atoms with Gasteiger partial charge in [0.2, 0.25) is 5.72 Å². The molecule has 0 aliphatic carbocycles. The molecule has 1 saturated heterocycles. The number of hydrogen-bond donors (Lipinski definition) is 0. The van der Waals surface area contributed by atoms with E-state index in [0.29, 0.717) is 12.0 Å². The smallest absolute Gasteiger partial charge is 0.387 e. The van der Waals surface area contributed by atoms with E-state index in [1.807, 2.05) is 18.2 Å². The fourth-order valence-corrected chi connectivity index (χ4v) is 5.00. The summed E-state index contributed by atoms with van der Waals surface area (Å²) < 4.78 is 38.2. The number of benzene rings is 2. The summed E-state index contributed by atoms with van der Waals surface area (Å²) in [6.45, 7) is -1.06. The van der Waals surface area contributed by atoms with Crippen LogP contribution in [0.1, 0.15) is 36.4 Å². The quantitative estimate of drug-likeness (QED) is 0.622. The van der Waals surface area contributed by atoms with Gasteiger partial charge in [-0.05, 0) is 37.4 Å². The Morgan fingerprint density at radius 3 is 2.73 bits per heavy atom. The largest absolute Gasteiger partial charge is 0.466 e. The van der Waals surface area contributed by atoms with Gasteiger partial charge in [0.25, 0.3) is 0 Å². The van der Waals surface area contributed by atoms with Gasteiger partial charge in [0.1, 0.15) is 11.5 Å². The summed E-state index contributed by atoms with van der Waals surface area (Å²) >= 11 is 3.56.